The summed E-state index contributed by atoms with van der Waals surface area (Å²) in [6, 6.07) is 2.28. The van der Waals surface area contributed by atoms with Crippen molar-refractivity contribution in [2.75, 3.05) is 5.32 Å². The van der Waals surface area contributed by atoms with Crippen LogP contribution in [0.2, 0.25) is 10.0 Å². The van der Waals surface area contributed by atoms with Crippen LogP contribution in [0.1, 0.15) is 24.4 Å². The molecule has 0 fully saturated rings. The maximum Gasteiger partial charge on any atom is 0.126 e. The average Bonchev–Trinajstić information content (AvgIpc) is 2.34. The van der Waals surface area contributed by atoms with Gasteiger partial charge in [-0.1, -0.05) is 23.2 Å². The minimum Gasteiger partial charge on any atom is -0.374 e. The third kappa shape index (κ3) is 3.14. The van der Waals surface area contributed by atoms with Crippen LogP contribution in [0.3, 0.4) is 0 Å². The first kappa shape index (κ1) is 14.0. The Morgan fingerprint density at radius 2 is 1.74 bits per heavy atom. The molecule has 2 aromatic rings. The standard InChI is InChI=1S/C13H12Cl2FN3/c1-7-12(18-4-3-17-7)8(2)19-13-10(14)5-9(16)6-11(13)15/h3-6,8,19H,1-2H3. The lowest BCUT2D eigenvalue weighted by atomic mass is 10.1. The van der Waals surface area contributed by atoms with E-state index in [1.165, 1.54) is 12.1 Å². The molecule has 6 heteroatoms. The number of hydrogen-bond donors (Lipinski definition) is 1. The van der Waals surface area contributed by atoms with E-state index < -0.39 is 5.82 Å². The molecule has 0 saturated heterocycles. The summed E-state index contributed by atoms with van der Waals surface area (Å²) in [7, 11) is 0. The Hall–Kier alpha value is -1.39. The van der Waals surface area contributed by atoms with E-state index in [9.17, 15) is 4.39 Å². The molecule has 0 saturated carbocycles. The molecule has 100 valence electrons. The van der Waals surface area contributed by atoms with Gasteiger partial charge in [0.1, 0.15) is 5.82 Å². The predicted molar refractivity (Wildman–Crippen MR) is 75.2 cm³/mol. The van der Waals surface area contributed by atoms with Gasteiger partial charge in [0.05, 0.1) is 33.2 Å². The molecule has 1 unspecified atom stereocenters. The highest BCUT2D eigenvalue weighted by molar-refractivity contribution is 6.39. The Morgan fingerprint density at radius 3 is 2.32 bits per heavy atom. The largest absolute Gasteiger partial charge is 0.374 e. The minimum absolute atomic E-state index is 0.144. The Labute approximate surface area is 120 Å². The number of aryl methyl sites for hydroxylation is 1. The van der Waals surface area contributed by atoms with Crippen LogP contribution in [0, 0.1) is 12.7 Å². The van der Waals surface area contributed by atoms with E-state index in [4.69, 9.17) is 23.2 Å². The van der Waals surface area contributed by atoms with Crippen molar-refractivity contribution in [2.24, 2.45) is 0 Å². The number of hydrogen-bond acceptors (Lipinski definition) is 3. The van der Waals surface area contributed by atoms with Crippen molar-refractivity contribution in [1.82, 2.24) is 9.97 Å². The molecule has 0 spiro atoms. The van der Waals surface area contributed by atoms with Crippen LogP contribution >= 0.6 is 23.2 Å². The first-order valence-electron chi connectivity index (χ1n) is 5.67. The molecule has 1 N–H and O–H groups in total. The van der Waals surface area contributed by atoms with E-state index in [0.29, 0.717) is 5.69 Å². The summed E-state index contributed by atoms with van der Waals surface area (Å²) in [5.41, 5.74) is 2.10. The maximum absolute atomic E-state index is 13.1. The third-order valence-electron chi connectivity index (χ3n) is 2.70. The molecule has 0 aliphatic carbocycles. The summed E-state index contributed by atoms with van der Waals surface area (Å²) in [4.78, 5) is 8.44. The van der Waals surface area contributed by atoms with E-state index in [0.717, 1.165) is 11.4 Å². The van der Waals surface area contributed by atoms with E-state index >= 15 is 0 Å². The van der Waals surface area contributed by atoms with Gasteiger partial charge < -0.3 is 5.32 Å². The Morgan fingerprint density at radius 1 is 1.16 bits per heavy atom. The smallest absolute Gasteiger partial charge is 0.126 e. The van der Waals surface area contributed by atoms with Crippen molar-refractivity contribution in [2.45, 2.75) is 19.9 Å². The Kier molecular flexibility index (Phi) is 4.22. The minimum atomic E-state index is -0.469. The summed E-state index contributed by atoms with van der Waals surface area (Å²) in [6.07, 6.45) is 3.25. The van der Waals surface area contributed by atoms with Crippen LogP contribution < -0.4 is 5.32 Å². The van der Waals surface area contributed by atoms with Crippen molar-refractivity contribution in [3.63, 3.8) is 0 Å². The van der Waals surface area contributed by atoms with Crippen LogP contribution in [0.15, 0.2) is 24.5 Å². The molecule has 0 radical (unpaired) electrons. The van der Waals surface area contributed by atoms with Crippen molar-refractivity contribution in [3.8, 4) is 0 Å². The van der Waals surface area contributed by atoms with Gasteiger partial charge in [-0.25, -0.2) is 4.39 Å². The molecule has 3 nitrogen and oxygen atoms in total. The number of nitrogens with zero attached hydrogens (tertiary/aromatic N) is 2. The highest BCUT2D eigenvalue weighted by atomic mass is 35.5. The predicted octanol–water partition coefficient (Wildman–Crippen LogP) is 4.40. The van der Waals surface area contributed by atoms with Crippen molar-refractivity contribution in [1.29, 1.82) is 0 Å². The fourth-order valence-corrected chi connectivity index (χ4v) is 2.38. The fourth-order valence-electron chi connectivity index (χ4n) is 1.81. The van der Waals surface area contributed by atoms with Crippen LogP contribution in [-0.2, 0) is 0 Å². The number of anilines is 1. The molecular weight excluding hydrogens is 288 g/mol. The lowest BCUT2D eigenvalue weighted by Crippen LogP contribution is -2.11. The normalized spacial score (nSPS) is 12.3. The van der Waals surface area contributed by atoms with Gasteiger partial charge in [-0.2, -0.15) is 0 Å². The molecular formula is C13H12Cl2FN3. The van der Waals surface area contributed by atoms with Gasteiger partial charge in [-0.15, -0.1) is 0 Å². The zero-order valence-corrected chi connectivity index (χ0v) is 11.9. The van der Waals surface area contributed by atoms with Crippen molar-refractivity contribution >= 4 is 28.9 Å². The summed E-state index contributed by atoms with van der Waals surface area (Å²) in [6.45, 7) is 3.78. The third-order valence-corrected chi connectivity index (χ3v) is 3.29. The zero-order chi connectivity index (χ0) is 14.0. The topological polar surface area (TPSA) is 37.8 Å². The number of halogens is 3. The van der Waals surface area contributed by atoms with Gasteiger partial charge in [-0.3, -0.25) is 9.97 Å². The van der Waals surface area contributed by atoms with Gasteiger partial charge in [-0.05, 0) is 26.0 Å². The van der Waals surface area contributed by atoms with Crippen LogP contribution in [0.5, 0.6) is 0 Å². The van der Waals surface area contributed by atoms with Gasteiger partial charge in [0.25, 0.3) is 0 Å². The SMILES string of the molecule is Cc1nccnc1C(C)Nc1c(Cl)cc(F)cc1Cl. The number of rotatable bonds is 3. The second kappa shape index (κ2) is 5.72. The van der Waals surface area contributed by atoms with Crippen LogP contribution in [0.4, 0.5) is 10.1 Å². The number of nitrogens with one attached hydrogen (secondary N) is 1. The molecule has 1 heterocycles. The Bertz CT molecular complexity index is 581. The van der Waals surface area contributed by atoms with E-state index in [1.807, 2.05) is 13.8 Å². The Balaban J connectivity index is 2.29. The van der Waals surface area contributed by atoms with Gasteiger partial charge in [0.15, 0.2) is 0 Å². The van der Waals surface area contributed by atoms with Gasteiger partial charge in [0, 0.05) is 12.4 Å². The van der Waals surface area contributed by atoms with Crippen molar-refractivity contribution < 1.29 is 4.39 Å². The van der Waals surface area contributed by atoms with Gasteiger partial charge in [0.2, 0.25) is 0 Å². The molecule has 0 bridgehead atoms. The van der Waals surface area contributed by atoms with Crippen molar-refractivity contribution in [3.05, 3.63) is 51.8 Å². The number of benzene rings is 1. The molecule has 1 aromatic carbocycles. The lowest BCUT2D eigenvalue weighted by Gasteiger charge is -2.18. The molecule has 0 amide bonds. The highest BCUT2D eigenvalue weighted by Crippen LogP contribution is 2.33. The van der Waals surface area contributed by atoms with Crippen LogP contribution in [0.25, 0.3) is 0 Å². The molecule has 0 aliphatic rings. The second-order valence-electron chi connectivity index (χ2n) is 4.14. The monoisotopic (exact) mass is 299 g/mol. The van der Waals surface area contributed by atoms with E-state index in [-0.39, 0.29) is 16.1 Å². The van der Waals surface area contributed by atoms with E-state index in [2.05, 4.69) is 15.3 Å². The summed E-state index contributed by atoms with van der Waals surface area (Å²) in [5, 5.41) is 3.60. The summed E-state index contributed by atoms with van der Waals surface area (Å²) >= 11 is 12.0. The first-order chi connectivity index (χ1) is 8.99. The molecule has 1 aromatic heterocycles. The number of aromatic nitrogens is 2. The highest BCUT2D eigenvalue weighted by Gasteiger charge is 2.15. The van der Waals surface area contributed by atoms with Crippen LogP contribution in [-0.4, -0.2) is 9.97 Å². The molecule has 1 atom stereocenters. The summed E-state index contributed by atoms with van der Waals surface area (Å²) in [5.74, 6) is -0.469. The van der Waals surface area contributed by atoms with Gasteiger partial charge >= 0.3 is 0 Å². The quantitative estimate of drug-likeness (QED) is 0.912. The molecule has 2 rings (SSSR count). The molecule has 0 aliphatic heterocycles. The molecule has 19 heavy (non-hydrogen) atoms. The lowest BCUT2D eigenvalue weighted by molar-refractivity contribution is 0.628. The summed E-state index contributed by atoms with van der Waals surface area (Å²) < 4.78 is 13.1. The fraction of sp³-hybridized carbons (Fsp3) is 0.231. The average molecular weight is 300 g/mol. The second-order valence-corrected chi connectivity index (χ2v) is 4.95. The maximum atomic E-state index is 13.1. The first-order valence-corrected chi connectivity index (χ1v) is 6.43. The zero-order valence-electron chi connectivity index (χ0n) is 10.4. The van der Waals surface area contributed by atoms with E-state index in [1.54, 1.807) is 12.4 Å².